The summed E-state index contributed by atoms with van der Waals surface area (Å²) in [4.78, 5) is 38.3. The fourth-order valence-electron chi connectivity index (χ4n) is 4.95. The Labute approximate surface area is 205 Å². The molecule has 182 valence electrons. The molecule has 2 N–H and O–H groups in total. The van der Waals surface area contributed by atoms with Crippen LogP contribution in [0.2, 0.25) is 0 Å². The van der Waals surface area contributed by atoms with E-state index >= 15 is 0 Å². The van der Waals surface area contributed by atoms with Crippen molar-refractivity contribution >= 4 is 23.5 Å². The molecule has 0 saturated carbocycles. The van der Waals surface area contributed by atoms with Crippen molar-refractivity contribution in [1.29, 1.82) is 0 Å². The number of carbonyl (C=O) groups excluding carboxylic acids is 2. The average Bonchev–Trinajstić information content (AvgIpc) is 3.11. The molecule has 5 rings (SSSR count). The topological polar surface area (TPSA) is 95.4 Å². The Morgan fingerprint density at radius 3 is 2.51 bits per heavy atom. The number of nitrogens with one attached hydrogen (secondary N) is 2. The zero-order valence-corrected chi connectivity index (χ0v) is 20.5. The number of piperazine rings is 1. The minimum Gasteiger partial charge on any atom is -0.349 e. The Kier molecular flexibility index (Phi) is 6.25. The van der Waals surface area contributed by atoms with Gasteiger partial charge in [-0.2, -0.15) is 0 Å². The number of rotatable bonds is 5. The van der Waals surface area contributed by atoms with Gasteiger partial charge in [-0.15, -0.1) is 0 Å². The van der Waals surface area contributed by atoms with Crippen LogP contribution in [0.25, 0.3) is 11.3 Å². The summed E-state index contributed by atoms with van der Waals surface area (Å²) in [5.41, 5.74) is 6.26. The zero-order chi connectivity index (χ0) is 24.5. The molecule has 1 saturated heterocycles. The Morgan fingerprint density at radius 1 is 1.06 bits per heavy atom. The van der Waals surface area contributed by atoms with Crippen molar-refractivity contribution in [1.82, 2.24) is 29.7 Å². The van der Waals surface area contributed by atoms with Crippen LogP contribution in [0.5, 0.6) is 0 Å². The highest BCUT2D eigenvalue weighted by Gasteiger charge is 2.26. The third-order valence-electron chi connectivity index (χ3n) is 6.94. The number of likely N-dealkylation sites (N-methyl/N-ethyl adjacent to an activating group) is 1. The van der Waals surface area contributed by atoms with E-state index in [1.165, 1.54) is 0 Å². The molecular weight excluding hydrogens is 442 g/mol. The van der Waals surface area contributed by atoms with Crippen LogP contribution < -0.4 is 10.6 Å². The molecule has 0 atom stereocenters. The first-order chi connectivity index (χ1) is 16.9. The van der Waals surface area contributed by atoms with Gasteiger partial charge in [0.25, 0.3) is 5.91 Å². The third-order valence-corrected chi connectivity index (χ3v) is 6.94. The van der Waals surface area contributed by atoms with Gasteiger partial charge in [0, 0.05) is 62.4 Å². The summed E-state index contributed by atoms with van der Waals surface area (Å²) in [5, 5.41) is 6.18. The molecule has 4 heterocycles. The lowest BCUT2D eigenvalue weighted by Gasteiger charge is -2.32. The van der Waals surface area contributed by atoms with E-state index in [4.69, 9.17) is 4.98 Å². The number of nitrogens with zero attached hydrogens (tertiary/aromatic N) is 5. The van der Waals surface area contributed by atoms with E-state index in [0.29, 0.717) is 24.6 Å². The number of fused-ring (bicyclic) bond motifs is 1. The Balaban J connectivity index is 1.29. The highest BCUT2D eigenvalue weighted by Crippen LogP contribution is 2.32. The van der Waals surface area contributed by atoms with Crippen molar-refractivity contribution in [2.45, 2.75) is 26.8 Å². The van der Waals surface area contributed by atoms with Gasteiger partial charge in [-0.1, -0.05) is 12.1 Å². The van der Waals surface area contributed by atoms with Crippen molar-refractivity contribution in [3.8, 4) is 11.3 Å². The molecule has 0 unspecified atom stereocenters. The molecule has 2 aliphatic rings. The molecule has 2 amide bonds. The standard InChI is InChI=1S/C26H31N7O2/c1-17-23(18(2)33-11-10-27-25(35)24(17)33)21-8-9-28-26(30-21)29-20-6-4-19(5-7-20)16-22(34)32-14-12-31(3)13-15-32/h4-9H,10-16H2,1-3H3,(H,27,35)(H,28,29,30). The maximum absolute atomic E-state index is 12.6. The van der Waals surface area contributed by atoms with Gasteiger partial charge in [0.15, 0.2) is 0 Å². The predicted molar refractivity (Wildman–Crippen MR) is 135 cm³/mol. The smallest absolute Gasteiger partial charge is 0.268 e. The number of hydrogen-bond acceptors (Lipinski definition) is 6. The second-order valence-corrected chi connectivity index (χ2v) is 9.29. The van der Waals surface area contributed by atoms with Crippen molar-refractivity contribution in [3.05, 3.63) is 59.0 Å². The Bertz CT molecular complexity index is 1260. The SMILES string of the molecule is Cc1c(-c2ccnc(Nc3ccc(CC(=O)N4CCN(C)CC4)cc3)n2)c(C)n2c1C(=O)NCC2. The normalized spacial score (nSPS) is 16.1. The van der Waals surface area contributed by atoms with Crippen LogP contribution in [0.1, 0.15) is 27.3 Å². The minimum absolute atomic E-state index is 0.0401. The molecule has 2 aliphatic heterocycles. The number of aromatic nitrogens is 3. The number of anilines is 2. The summed E-state index contributed by atoms with van der Waals surface area (Å²) in [6, 6.07) is 9.70. The second kappa shape index (κ2) is 9.50. The summed E-state index contributed by atoms with van der Waals surface area (Å²) in [5.74, 6) is 0.613. The lowest BCUT2D eigenvalue weighted by atomic mass is 10.1. The van der Waals surface area contributed by atoms with E-state index in [-0.39, 0.29) is 11.8 Å². The summed E-state index contributed by atoms with van der Waals surface area (Å²) < 4.78 is 2.07. The average molecular weight is 474 g/mol. The first kappa shape index (κ1) is 23.0. The molecule has 9 nitrogen and oxygen atoms in total. The fraction of sp³-hybridized carbons (Fsp3) is 0.385. The van der Waals surface area contributed by atoms with Crippen molar-refractivity contribution in [2.24, 2.45) is 0 Å². The molecule has 1 aromatic carbocycles. The highest BCUT2D eigenvalue weighted by molar-refractivity contribution is 5.97. The lowest BCUT2D eigenvalue weighted by Crippen LogP contribution is -2.47. The highest BCUT2D eigenvalue weighted by atomic mass is 16.2. The van der Waals surface area contributed by atoms with Gasteiger partial charge in [0.1, 0.15) is 5.69 Å². The van der Waals surface area contributed by atoms with Crippen molar-refractivity contribution in [3.63, 3.8) is 0 Å². The van der Waals surface area contributed by atoms with Gasteiger partial charge in [-0.3, -0.25) is 9.59 Å². The predicted octanol–water partition coefficient (Wildman–Crippen LogP) is 2.37. The van der Waals surface area contributed by atoms with E-state index in [9.17, 15) is 9.59 Å². The van der Waals surface area contributed by atoms with E-state index in [1.54, 1.807) is 6.20 Å². The van der Waals surface area contributed by atoms with Crippen LogP contribution in [0, 0.1) is 13.8 Å². The Hall–Kier alpha value is -3.72. The summed E-state index contributed by atoms with van der Waals surface area (Å²) in [6.07, 6.45) is 2.13. The van der Waals surface area contributed by atoms with Crippen molar-refractivity contribution < 1.29 is 9.59 Å². The van der Waals surface area contributed by atoms with Gasteiger partial charge in [-0.25, -0.2) is 9.97 Å². The van der Waals surface area contributed by atoms with Gasteiger partial charge < -0.3 is 25.0 Å². The minimum atomic E-state index is -0.0401. The fourth-order valence-corrected chi connectivity index (χ4v) is 4.95. The molecule has 2 aromatic heterocycles. The Morgan fingerprint density at radius 2 is 1.80 bits per heavy atom. The van der Waals surface area contributed by atoms with Crippen LogP contribution in [0.3, 0.4) is 0 Å². The zero-order valence-electron chi connectivity index (χ0n) is 20.5. The quantitative estimate of drug-likeness (QED) is 0.591. The molecular formula is C26H31N7O2. The van der Waals surface area contributed by atoms with E-state index < -0.39 is 0 Å². The second-order valence-electron chi connectivity index (χ2n) is 9.29. The molecule has 0 spiro atoms. The first-order valence-corrected chi connectivity index (χ1v) is 12.0. The maximum Gasteiger partial charge on any atom is 0.268 e. The van der Waals surface area contributed by atoms with Crippen LogP contribution in [-0.2, 0) is 17.8 Å². The number of benzene rings is 1. The van der Waals surface area contributed by atoms with Gasteiger partial charge in [0.05, 0.1) is 12.1 Å². The monoisotopic (exact) mass is 473 g/mol. The van der Waals surface area contributed by atoms with Gasteiger partial charge in [-0.05, 0) is 50.2 Å². The summed E-state index contributed by atoms with van der Waals surface area (Å²) in [6.45, 7) is 8.81. The van der Waals surface area contributed by atoms with E-state index in [1.807, 2.05) is 49.1 Å². The largest absolute Gasteiger partial charge is 0.349 e. The van der Waals surface area contributed by atoms with Crippen LogP contribution in [0.15, 0.2) is 36.5 Å². The first-order valence-electron chi connectivity index (χ1n) is 12.0. The van der Waals surface area contributed by atoms with Crippen LogP contribution >= 0.6 is 0 Å². The summed E-state index contributed by atoms with van der Waals surface area (Å²) >= 11 is 0. The lowest BCUT2D eigenvalue weighted by molar-refractivity contribution is -0.132. The third kappa shape index (κ3) is 4.64. The molecule has 0 radical (unpaired) electrons. The molecule has 0 aliphatic carbocycles. The molecule has 1 fully saturated rings. The van der Waals surface area contributed by atoms with E-state index in [0.717, 1.165) is 66.5 Å². The van der Waals surface area contributed by atoms with Crippen LogP contribution in [0.4, 0.5) is 11.6 Å². The molecule has 0 bridgehead atoms. The molecule has 9 heteroatoms. The number of carbonyl (C=O) groups is 2. The molecule has 3 aromatic rings. The molecule has 35 heavy (non-hydrogen) atoms. The number of hydrogen-bond donors (Lipinski definition) is 2. The van der Waals surface area contributed by atoms with Gasteiger partial charge >= 0.3 is 0 Å². The number of amides is 2. The summed E-state index contributed by atoms with van der Waals surface area (Å²) in [7, 11) is 2.08. The maximum atomic E-state index is 12.6. The van der Waals surface area contributed by atoms with E-state index in [2.05, 4.69) is 32.1 Å². The van der Waals surface area contributed by atoms with Crippen molar-refractivity contribution in [2.75, 3.05) is 45.1 Å². The van der Waals surface area contributed by atoms with Gasteiger partial charge in [0.2, 0.25) is 11.9 Å². The van der Waals surface area contributed by atoms with Crippen LogP contribution in [-0.4, -0.2) is 75.9 Å².